The molecule has 20 heavy (non-hydrogen) atoms. The Hall–Kier alpha value is -1.75. The van der Waals surface area contributed by atoms with Crippen molar-refractivity contribution >= 4 is 5.97 Å². The van der Waals surface area contributed by atoms with Crippen molar-refractivity contribution in [1.82, 2.24) is 5.32 Å². The molecule has 1 heterocycles. The second-order valence-corrected chi connectivity index (χ2v) is 4.91. The lowest BCUT2D eigenvalue weighted by molar-refractivity contribution is -0.146. The predicted molar refractivity (Wildman–Crippen MR) is 75.1 cm³/mol. The van der Waals surface area contributed by atoms with Crippen molar-refractivity contribution in [2.45, 2.75) is 32.9 Å². The molecular weight excluding hydrogens is 258 g/mol. The van der Waals surface area contributed by atoms with Crippen LogP contribution in [0.4, 0.5) is 0 Å². The Morgan fingerprint density at radius 2 is 2.00 bits per heavy atom. The third kappa shape index (κ3) is 3.42. The highest BCUT2D eigenvalue weighted by atomic mass is 16.6. The molecule has 5 nitrogen and oxygen atoms in total. The van der Waals surface area contributed by atoms with Crippen molar-refractivity contribution < 1.29 is 19.0 Å². The number of fused-ring (bicyclic) bond motifs is 1. The minimum Gasteiger partial charge on any atom is -0.486 e. The summed E-state index contributed by atoms with van der Waals surface area (Å²) < 4.78 is 16.2. The van der Waals surface area contributed by atoms with E-state index in [1.807, 2.05) is 32.0 Å². The number of ether oxygens (including phenoxy) is 3. The summed E-state index contributed by atoms with van der Waals surface area (Å²) in [6, 6.07) is 5.21. The number of nitrogens with one attached hydrogen (secondary N) is 1. The molecule has 0 radical (unpaired) electrons. The maximum atomic E-state index is 12.1. The van der Waals surface area contributed by atoms with Gasteiger partial charge in [-0.3, -0.25) is 5.32 Å². The Bertz CT molecular complexity index is 473. The van der Waals surface area contributed by atoms with Gasteiger partial charge in [0.25, 0.3) is 0 Å². The molecule has 1 aliphatic heterocycles. The zero-order valence-corrected chi connectivity index (χ0v) is 12.1. The van der Waals surface area contributed by atoms with Gasteiger partial charge in [0.05, 0.1) is 6.61 Å². The highest BCUT2D eigenvalue weighted by Crippen LogP contribution is 2.33. The van der Waals surface area contributed by atoms with Crippen molar-refractivity contribution in [3.63, 3.8) is 0 Å². The van der Waals surface area contributed by atoms with Crippen molar-refractivity contribution in [3.05, 3.63) is 23.8 Å². The smallest absolute Gasteiger partial charge is 0.327 e. The number of hydrogen-bond donors (Lipinski definition) is 1. The average Bonchev–Trinajstić information content (AvgIpc) is 2.44. The van der Waals surface area contributed by atoms with E-state index in [1.54, 1.807) is 6.92 Å². The molecule has 1 N–H and O–H groups in total. The maximum absolute atomic E-state index is 12.1. The average molecular weight is 279 g/mol. The van der Waals surface area contributed by atoms with E-state index < -0.39 is 6.04 Å². The van der Waals surface area contributed by atoms with E-state index in [0.717, 1.165) is 5.56 Å². The van der Waals surface area contributed by atoms with E-state index in [9.17, 15) is 4.79 Å². The Morgan fingerprint density at radius 3 is 2.65 bits per heavy atom. The van der Waals surface area contributed by atoms with Crippen molar-refractivity contribution in [1.29, 1.82) is 0 Å². The molecule has 0 amide bonds. The van der Waals surface area contributed by atoms with Gasteiger partial charge in [0.15, 0.2) is 11.5 Å². The monoisotopic (exact) mass is 279 g/mol. The zero-order chi connectivity index (χ0) is 14.5. The van der Waals surface area contributed by atoms with Crippen molar-refractivity contribution in [2.24, 2.45) is 0 Å². The van der Waals surface area contributed by atoms with Crippen molar-refractivity contribution in [2.75, 3.05) is 19.8 Å². The normalized spacial score (nSPS) is 15.0. The number of esters is 1. The summed E-state index contributed by atoms with van der Waals surface area (Å²) in [5.41, 5.74) is 0.821. The summed E-state index contributed by atoms with van der Waals surface area (Å²) in [4.78, 5) is 12.1. The van der Waals surface area contributed by atoms with Gasteiger partial charge in [-0.25, -0.2) is 4.79 Å². The highest BCUT2D eigenvalue weighted by Gasteiger charge is 2.24. The van der Waals surface area contributed by atoms with Gasteiger partial charge in [0.2, 0.25) is 0 Å². The summed E-state index contributed by atoms with van der Waals surface area (Å²) in [5, 5.41) is 3.22. The first-order chi connectivity index (χ1) is 9.61. The van der Waals surface area contributed by atoms with Crippen LogP contribution in [0.2, 0.25) is 0 Å². The first-order valence-corrected chi connectivity index (χ1v) is 6.94. The van der Waals surface area contributed by atoms with Gasteiger partial charge in [-0.05, 0) is 38.5 Å². The van der Waals surface area contributed by atoms with E-state index in [4.69, 9.17) is 14.2 Å². The van der Waals surface area contributed by atoms with Crippen LogP contribution in [0, 0.1) is 0 Å². The van der Waals surface area contributed by atoms with Gasteiger partial charge >= 0.3 is 5.97 Å². The van der Waals surface area contributed by atoms with Gasteiger partial charge in [-0.2, -0.15) is 0 Å². The number of rotatable bonds is 5. The van der Waals surface area contributed by atoms with Gasteiger partial charge < -0.3 is 14.2 Å². The number of carbonyl (C=O) groups is 1. The molecular formula is C15H21NO4. The quantitative estimate of drug-likeness (QED) is 0.836. The van der Waals surface area contributed by atoms with E-state index in [2.05, 4.69) is 5.32 Å². The van der Waals surface area contributed by atoms with Crippen LogP contribution in [0.15, 0.2) is 18.2 Å². The number of hydrogen-bond acceptors (Lipinski definition) is 5. The van der Waals surface area contributed by atoms with E-state index >= 15 is 0 Å². The van der Waals surface area contributed by atoms with E-state index in [-0.39, 0.29) is 12.0 Å². The molecule has 1 aromatic rings. The van der Waals surface area contributed by atoms with Crippen LogP contribution in [-0.4, -0.2) is 31.8 Å². The molecule has 0 fully saturated rings. The molecule has 5 heteroatoms. The van der Waals surface area contributed by atoms with Crippen LogP contribution in [0.25, 0.3) is 0 Å². The van der Waals surface area contributed by atoms with Gasteiger partial charge in [-0.1, -0.05) is 6.07 Å². The van der Waals surface area contributed by atoms with E-state index in [1.165, 1.54) is 0 Å². The summed E-state index contributed by atoms with van der Waals surface area (Å²) in [6.45, 7) is 7.22. The second-order valence-electron chi connectivity index (χ2n) is 4.91. The lowest BCUT2D eigenvalue weighted by Gasteiger charge is -2.23. The molecule has 1 unspecified atom stereocenters. The maximum Gasteiger partial charge on any atom is 0.327 e. The summed E-state index contributed by atoms with van der Waals surface area (Å²) in [7, 11) is 0. The minimum absolute atomic E-state index is 0.164. The molecule has 2 rings (SSSR count). The van der Waals surface area contributed by atoms with Crippen LogP contribution in [0.5, 0.6) is 11.5 Å². The third-order valence-corrected chi connectivity index (χ3v) is 2.92. The molecule has 0 aliphatic carbocycles. The second kappa shape index (κ2) is 6.61. The molecule has 1 atom stereocenters. The fourth-order valence-electron chi connectivity index (χ4n) is 2.10. The minimum atomic E-state index is -0.495. The first kappa shape index (κ1) is 14.7. The Morgan fingerprint density at radius 1 is 1.30 bits per heavy atom. The molecule has 0 saturated heterocycles. The lowest BCUT2D eigenvalue weighted by atomic mass is 10.1. The predicted octanol–water partition coefficient (Wildman–Crippen LogP) is 2.06. The Balaban J connectivity index is 2.25. The molecule has 0 aromatic heterocycles. The lowest BCUT2D eigenvalue weighted by Crippen LogP contribution is -2.35. The fraction of sp³-hybridized carbons (Fsp3) is 0.533. The molecule has 0 bridgehead atoms. The Labute approximate surface area is 119 Å². The topological polar surface area (TPSA) is 56.8 Å². The molecule has 110 valence electrons. The van der Waals surface area contributed by atoms with Crippen LogP contribution in [0.1, 0.15) is 32.4 Å². The summed E-state index contributed by atoms with van der Waals surface area (Å²) >= 11 is 0. The van der Waals surface area contributed by atoms with Gasteiger partial charge in [-0.15, -0.1) is 0 Å². The highest BCUT2D eigenvalue weighted by molar-refractivity contribution is 5.78. The van der Waals surface area contributed by atoms with Crippen molar-refractivity contribution in [3.8, 4) is 11.5 Å². The fourth-order valence-corrected chi connectivity index (χ4v) is 2.10. The van der Waals surface area contributed by atoms with Crippen LogP contribution >= 0.6 is 0 Å². The Kier molecular flexibility index (Phi) is 4.84. The molecule has 1 aliphatic rings. The van der Waals surface area contributed by atoms with Crippen LogP contribution in [0.3, 0.4) is 0 Å². The third-order valence-electron chi connectivity index (χ3n) is 2.92. The molecule has 0 spiro atoms. The van der Waals surface area contributed by atoms with Gasteiger partial charge in [0, 0.05) is 6.04 Å². The molecule has 0 saturated carbocycles. The van der Waals surface area contributed by atoms with E-state index in [0.29, 0.717) is 31.3 Å². The van der Waals surface area contributed by atoms with Crippen LogP contribution in [-0.2, 0) is 9.53 Å². The largest absolute Gasteiger partial charge is 0.486 e. The molecule has 1 aromatic carbocycles. The van der Waals surface area contributed by atoms with Crippen LogP contribution < -0.4 is 14.8 Å². The standard InChI is InChI=1S/C15H21NO4/c1-4-18-15(17)14(16-10(2)3)11-5-6-12-13(9-11)20-8-7-19-12/h5-6,9-10,14,16H,4,7-8H2,1-3H3. The van der Waals surface area contributed by atoms with Gasteiger partial charge in [0.1, 0.15) is 19.3 Å². The first-order valence-electron chi connectivity index (χ1n) is 6.94. The summed E-state index contributed by atoms with van der Waals surface area (Å²) in [6.07, 6.45) is 0. The number of benzene rings is 1. The zero-order valence-electron chi connectivity index (χ0n) is 12.1. The number of carbonyl (C=O) groups excluding carboxylic acids is 1. The summed E-state index contributed by atoms with van der Waals surface area (Å²) in [5.74, 6) is 1.11. The SMILES string of the molecule is CCOC(=O)C(NC(C)C)c1ccc2c(c1)OCCO2.